The molecule has 0 amide bonds. The van der Waals surface area contributed by atoms with Crippen LogP contribution in [-0.4, -0.2) is 22.5 Å². The van der Waals surface area contributed by atoms with E-state index >= 15 is 0 Å². The number of hydrogen-bond donors (Lipinski definition) is 0. The van der Waals surface area contributed by atoms with Gasteiger partial charge in [0, 0.05) is 16.1 Å². The highest BCUT2D eigenvalue weighted by Crippen LogP contribution is 2.22. The molecule has 0 aliphatic heterocycles. The standard InChI is InChI=1S/C23H18ClN3O2/c1-2-29-21-13-12-18(24)14-17(21)15-25-27-22(16-8-4-3-5-9-16)26-20-11-7-6-10-19(20)23(27)28/h3-15H,2H2,1H3. The Balaban J connectivity index is 1.92. The van der Waals surface area contributed by atoms with Crippen molar-refractivity contribution in [3.8, 4) is 17.1 Å². The molecule has 0 spiro atoms. The number of fused-ring (bicyclic) bond motifs is 1. The van der Waals surface area contributed by atoms with Gasteiger partial charge in [0.05, 0.1) is 23.7 Å². The molecule has 3 aromatic carbocycles. The van der Waals surface area contributed by atoms with Crippen molar-refractivity contribution in [2.45, 2.75) is 6.92 Å². The number of nitrogens with zero attached hydrogens (tertiary/aromatic N) is 3. The quantitative estimate of drug-likeness (QED) is 0.441. The lowest BCUT2D eigenvalue weighted by atomic mass is 10.2. The van der Waals surface area contributed by atoms with Crippen LogP contribution in [0.25, 0.3) is 22.3 Å². The minimum atomic E-state index is -0.245. The summed E-state index contributed by atoms with van der Waals surface area (Å²) >= 11 is 6.14. The van der Waals surface area contributed by atoms with E-state index in [9.17, 15) is 4.79 Å². The van der Waals surface area contributed by atoms with Gasteiger partial charge in [-0.15, -0.1) is 0 Å². The van der Waals surface area contributed by atoms with Crippen LogP contribution in [0.15, 0.2) is 82.7 Å². The van der Waals surface area contributed by atoms with Crippen LogP contribution in [-0.2, 0) is 0 Å². The number of rotatable bonds is 5. The molecule has 29 heavy (non-hydrogen) atoms. The van der Waals surface area contributed by atoms with E-state index in [0.29, 0.717) is 39.7 Å². The summed E-state index contributed by atoms with van der Waals surface area (Å²) in [7, 11) is 0. The minimum Gasteiger partial charge on any atom is -0.493 e. The van der Waals surface area contributed by atoms with Crippen LogP contribution in [0.1, 0.15) is 12.5 Å². The van der Waals surface area contributed by atoms with Crippen LogP contribution in [0.5, 0.6) is 5.75 Å². The summed E-state index contributed by atoms with van der Waals surface area (Å²) < 4.78 is 6.96. The molecule has 1 heterocycles. The average molecular weight is 404 g/mol. The molecule has 144 valence electrons. The van der Waals surface area contributed by atoms with Crippen LogP contribution in [0.3, 0.4) is 0 Å². The second-order valence-electron chi connectivity index (χ2n) is 6.30. The van der Waals surface area contributed by atoms with Crippen LogP contribution in [0, 0.1) is 0 Å². The van der Waals surface area contributed by atoms with Gasteiger partial charge in [0.1, 0.15) is 5.75 Å². The minimum absolute atomic E-state index is 0.245. The van der Waals surface area contributed by atoms with Gasteiger partial charge in [-0.05, 0) is 37.3 Å². The Morgan fingerprint density at radius 3 is 2.62 bits per heavy atom. The largest absolute Gasteiger partial charge is 0.493 e. The Labute approximate surface area is 172 Å². The maximum absolute atomic E-state index is 13.2. The van der Waals surface area contributed by atoms with Crippen molar-refractivity contribution >= 4 is 28.7 Å². The molecule has 0 saturated heterocycles. The zero-order chi connectivity index (χ0) is 20.2. The van der Waals surface area contributed by atoms with Crippen molar-refractivity contribution in [2.75, 3.05) is 6.61 Å². The summed E-state index contributed by atoms with van der Waals surface area (Å²) in [6, 6.07) is 22.0. The number of para-hydroxylation sites is 1. The number of hydrogen-bond acceptors (Lipinski definition) is 4. The molecule has 0 N–H and O–H groups in total. The van der Waals surface area contributed by atoms with Gasteiger partial charge in [-0.25, -0.2) is 4.98 Å². The molecule has 4 rings (SSSR count). The predicted molar refractivity (Wildman–Crippen MR) is 117 cm³/mol. The monoisotopic (exact) mass is 403 g/mol. The van der Waals surface area contributed by atoms with Gasteiger partial charge in [0.2, 0.25) is 0 Å². The normalized spacial score (nSPS) is 11.2. The van der Waals surface area contributed by atoms with E-state index in [0.717, 1.165) is 5.56 Å². The van der Waals surface area contributed by atoms with E-state index in [1.54, 1.807) is 30.5 Å². The fraction of sp³-hybridized carbons (Fsp3) is 0.0870. The smallest absolute Gasteiger partial charge is 0.282 e. The van der Waals surface area contributed by atoms with Gasteiger partial charge >= 0.3 is 0 Å². The number of ether oxygens (including phenoxy) is 1. The molecule has 4 aromatic rings. The lowest BCUT2D eigenvalue weighted by Crippen LogP contribution is -2.20. The maximum atomic E-state index is 13.2. The Morgan fingerprint density at radius 2 is 1.83 bits per heavy atom. The SMILES string of the molecule is CCOc1ccc(Cl)cc1C=Nn1c(-c2ccccc2)nc2ccccc2c1=O. The first-order valence-electron chi connectivity index (χ1n) is 9.21. The molecule has 0 fully saturated rings. The molecule has 6 heteroatoms. The summed E-state index contributed by atoms with van der Waals surface area (Å²) in [5.74, 6) is 1.11. The Hall–Kier alpha value is -3.44. The predicted octanol–water partition coefficient (Wildman–Crippen LogP) is 5.00. The summed E-state index contributed by atoms with van der Waals surface area (Å²) in [6.45, 7) is 2.41. The fourth-order valence-electron chi connectivity index (χ4n) is 3.03. The molecule has 0 unspecified atom stereocenters. The third-order valence-corrected chi connectivity index (χ3v) is 4.60. The first-order chi connectivity index (χ1) is 14.2. The highest BCUT2D eigenvalue weighted by molar-refractivity contribution is 6.30. The Bertz CT molecular complexity index is 1250. The second kappa shape index (κ2) is 8.29. The molecule has 0 bridgehead atoms. The lowest BCUT2D eigenvalue weighted by molar-refractivity contribution is 0.340. The summed E-state index contributed by atoms with van der Waals surface area (Å²) in [5, 5.41) is 5.52. The molecule has 0 aliphatic rings. The van der Waals surface area contributed by atoms with Crippen molar-refractivity contribution in [2.24, 2.45) is 5.10 Å². The maximum Gasteiger partial charge on any atom is 0.282 e. The van der Waals surface area contributed by atoms with Gasteiger partial charge in [-0.1, -0.05) is 54.1 Å². The van der Waals surface area contributed by atoms with Crippen LogP contribution >= 0.6 is 11.6 Å². The first-order valence-corrected chi connectivity index (χ1v) is 9.59. The van der Waals surface area contributed by atoms with Crippen molar-refractivity contribution in [1.82, 2.24) is 9.66 Å². The summed E-state index contributed by atoms with van der Waals surface area (Å²) in [5.41, 5.74) is 1.85. The summed E-state index contributed by atoms with van der Waals surface area (Å²) in [4.78, 5) is 17.9. The number of aromatic nitrogens is 2. The van der Waals surface area contributed by atoms with Crippen molar-refractivity contribution in [3.05, 3.63) is 93.7 Å². The van der Waals surface area contributed by atoms with Gasteiger partial charge < -0.3 is 4.74 Å². The molecule has 5 nitrogen and oxygen atoms in total. The van der Waals surface area contributed by atoms with E-state index in [-0.39, 0.29) is 5.56 Å². The van der Waals surface area contributed by atoms with Gasteiger partial charge in [0.25, 0.3) is 5.56 Å². The van der Waals surface area contributed by atoms with Crippen LogP contribution in [0.4, 0.5) is 0 Å². The lowest BCUT2D eigenvalue weighted by Gasteiger charge is -2.10. The van der Waals surface area contributed by atoms with Crippen LogP contribution < -0.4 is 10.3 Å². The second-order valence-corrected chi connectivity index (χ2v) is 6.73. The van der Waals surface area contributed by atoms with Gasteiger partial charge in [0.15, 0.2) is 5.82 Å². The molecular formula is C23H18ClN3O2. The fourth-order valence-corrected chi connectivity index (χ4v) is 3.21. The van der Waals surface area contributed by atoms with Crippen molar-refractivity contribution in [3.63, 3.8) is 0 Å². The van der Waals surface area contributed by atoms with Crippen molar-refractivity contribution in [1.29, 1.82) is 0 Å². The average Bonchev–Trinajstić information content (AvgIpc) is 2.75. The van der Waals surface area contributed by atoms with E-state index in [1.165, 1.54) is 4.68 Å². The van der Waals surface area contributed by atoms with E-state index < -0.39 is 0 Å². The van der Waals surface area contributed by atoms with E-state index in [1.807, 2.05) is 55.5 Å². The van der Waals surface area contributed by atoms with E-state index in [2.05, 4.69) is 10.1 Å². The highest BCUT2D eigenvalue weighted by atomic mass is 35.5. The number of halogens is 1. The third-order valence-electron chi connectivity index (χ3n) is 4.37. The zero-order valence-corrected chi connectivity index (χ0v) is 16.5. The molecule has 0 aliphatic carbocycles. The van der Waals surface area contributed by atoms with Crippen LogP contribution in [0.2, 0.25) is 5.02 Å². The molecular weight excluding hydrogens is 386 g/mol. The summed E-state index contributed by atoms with van der Waals surface area (Å²) in [6.07, 6.45) is 1.57. The van der Waals surface area contributed by atoms with Gasteiger partial charge in [-0.3, -0.25) is 4.79 Å². The Morgan fingerprint density at radius 1 is 1.07 bits per heavy atom. The van der Waals surface area contributed by atoms with Crippen molar-refractivity contribution < 1.29 is 4.74 Å². The van der Waals surface area contributed by atoms with Gasteiger partial charge in [-0.2, -0.15) is 9.78 Å². The highest BCUT2D eigenvalue weighted by Gasteiger charge is 2.12. The third kappa shape index (κ3) is 3.91. The molecule has 0 atom stereocenters. The molecule has 1 aromatic heterocycles. The first kappa shape index (κ1) is 18.9. The van der Waals surface area contributed by atoms with E-state index in [4.69, 9.17) is 16.3 Å². The molecule has 0 radical (unpaired) electrons. The number of benzene rings is 3. The zero-order valence-electron chi connectivity index (χ0n) is 15.7. The molecule has 0 saturated carbocycles. The Kier molecular flexibility index (Phi) is 5.40. The topological polar surface area (TPSA) is 56.5 Å².